The summed E-state index contributed by atoms with van der Waals surface area (Å²) in [4.78, 5) is 29.9. The van der Waals surface area contributed by atoms with Crippen molar-refractivity contribution in [3.8, 4) is 0 Å². The van der Waals surface area contributed by atoms with Gasteiger partial charge in [0.15, 0.2) is 5.82 Å². The summed E-state index contributed by atoms with van der Waals surface area (Å²) in [7, 11) is 0. The van der Waals surface area contributed by atoms with Crippen molar-refractivity contribution < 1.29 is 14.1 Å². The fourth-order valence-electron chi connectivity index (χ4n) is 4.30. The molecule has 2 N–H and O–H groups in total. The molecule has 0 saturated heterocycles. The molecule has 5 rings (SSSR count). The maximum absolute atomic E-state index is 12.9. The Kier molecular flexibility index (Phi) is 4.97. The fraction of sp³-hybridized carbons (Fsp3) is 0.250. The summed E-state index contributed by atoms with van der Waals surface area (Å²) in [6.07, 6.45) is 1.42. The molecule has 0 saturated carbocycles. The zero-order valence-electron chi connectivity index (χ0n) is 17.8. The van der Waals surface area contributed by atoms with Crippen molar-refractivity contribution in [2.24, 2.45) is 0 Å². The summed E-state index contributed by atoms with van der Waals surface area (Å²) in [5.41, 5.74) is 2.54. The highest BCUT2D eigenvalue weighted by Crippen LogP contribution is 2.30. The van der Waals surface area contributed by atoms with Crippen LogP contribution in [0.5, 0.6) is 0 Å². The van der Waals surface area contributed by atoms with Crippen molar-refractivity contribution in [2.45, 2.75) is 38.8 Å². The minimum Gasteiger partial charge on any atom is -0.359 e. The van der Waals surface area contributed by atoms with Crippen molar-refractivity contribution >= 4 is 28.7 Å². The number of nitrogens with zero attached hydrogens (tertiary/aromatic N) is 3. The number of pyridine rings is 1. The number of benzene rings is 1. The van der Waals surface area contributed by atoms with E-state index in [1.54, 1.807) is 12.1 Å². The lowest BCUT2D eigenvalue weighted by Gasteiger charge is -2.32. The molecule has 0 bridgehead atoms. The van der Waals surface area contributed by atoms with Crippen LogP contribution in [0, 0.1) is 0 Å². The standard InChI is InChI=1S/C24H23N5O3/c1-3-19-14(2)25-24(31)20-12-16-9-10-18(26-22(16)29(19)20)23(30)27-21-13-17(32-28-21)11-15-7-5-4-6-8-15/h4-10,12-14,19H,3,11H2,1-2H3,(H,25,31)(H,27,28,30). The SMILES string of the molecule is CCC1C(C)NC(=O)c2cc3ccc(C(=O)Nc4cc(Cc5ccccc5)on4)nc3n21. The average Bonchev–Trinajstić information content (AvgIpc) is 3.39. The van der Waals surface area contributed by atoms with Gasteiger partial charge in [-0.2, -0.15) is 0 Å². The molecule has 1 aromatic carbocycles. The molecule has 4 heterocycles. The average molecular weight is 429 g/mol. The molecule has 2 atom stereocenters. The van der Waals surface area contributed by atoms with E-state index >= 15 is 0 Å². The molecule has 3 aromatic heterocycles. The molecule has 32 heavy (non-hydrogen) atoms. The lowest BCUT2D eigenvalue weighted by Crippen LogP contribution is -2.45. The lowest BCUT2D eigenvalue weighted by atomic mass is 10.0. The molecule has 1 aliphatic heterocycles. The summed E-state index contributed by atoms with van der Waals surface area (Å²) in [6, 6.07) is 16.9. The highest BCUT2D eigenvalue weighted by molar-refractivity contribution is 6.04. The third-order valence-corrected chi connectivity index (χ3v) is 5.86. The van der Waals surface area contributed by atoms with Crippen LogP contribution in [0.4, 0.5) is 5.82 Å². The van der Waals surface area contributed by atoms with Gasteiger partial charge >= 0.3 is 0 Å². The number of anilines is 1. The van der Waals surface area contributed by atoms with E-state index in [1.165, 1.54) is 0 Å². The minimum absolute atomic E-state index is 0.0203. The van der Waals surface area contributed by atoms with Crippen LogP contribution in [-0.4, -0.2) is 32.6 Å². The number of aromatic nitrogens is 3. The van der Waals surface area contributed by atoms with Crippen LogP contribution in [0.1, 0.15) is 58.6 Å². The first kappa shape index (κ1) is 20.0. The molecule has 0 aliphatic carbocycles. The summed E-state index contributed by atoms with van der Waals surface area (Å²) in [6.45, 7) is 4.05. The molecule has 8 heteroatoms. The van der Waals surface area contributed by atoms with Gasteiger partial charge in [-0.3, -0.25) is 9.59 Å². The number of carbonyl (C=O) groups is 2. The Morgan fingerprint density at radius 3 is 2.78 bits per heavy atom. The Hall–Kier alpha value is -3.94. The second kappa shape index (κ2) is 7.96. The summed E-state index contributed by atoms with van der Waals surface area (Å²) >= 11 is 0. The number of nitrogens with one attached hydrogen (secondary N) is 2. The van der Waals surface area contributed by atoms with Gasteiger partial charge in [-0.25, -0.2) is 4.98 Å². The van der Waals surface area contributed by atoms with Gasteiger partial charge in [0.1, 0.15) is 22.8 Å². The van der Waals surface area contributed by atoms with Gasteiger partial charge in [-0.15, -0.1) is 0 Å². The largest absolute Gasteiger partial charge is 0.359 e. The molecule has 1 aliphatic rings. The molecule has 0 fully saturated rings. The maximum Gasteiger partial charge on any atom is 0.275 e. The van der Waals surface area contributed by atoms with Gasteiger partial charge in [-0.05, 0) is 37.1 Å². The molecule has 162 valence electrons. The third-order valence-electron chi connectivity index (χ3n) is 5.86. The van der Waals surface area contributed by atoms with E-state index in [9.17, 15) is 9.59 Å². The van der Waals surface area contributed by atoms with E-state index in [4.69, 9.17) is 4.52 Å². The van der Waals surface area contributed by atoms with E-state index in [-0.39, 0.29) is 29.6 Å². The van der Waals surface area contributed by atoms with Crippen molar-refractivity contribution in [1.82, 2.24) is 20.0 Å². The Morgan fingerprint density at radius 1 is 1.19 bits per heavy atom. The first-order valence-electron chi connectivity index (χ1n) is 10.7. The monoisotopic (exact) mass is 429 g/mol. The molecule has 4 aromatic rings. The highest BCUT2D eigenvalue weighted by Gasteiger charge is 2.32. The van der Waals surface area contributed by atoms with E-state index < -0.39 is 0 Å². The molecular weight excluding hydrogens is 406 g/mol. The van der Waals surface area contributed by atoms with E-state index in [0.717, 1.165) is 17.4 Å². The van der Waals surface area contributed by atoms with Crippen LogP contribution < -0.4 is 10.6 Å². The Balaban J connectivity index is 1.40. The van der Waals surface area contributed by atoms with Crippen LogP contribution in [0.25, 0.3) is 11.0 Å². The van der Waals surface area contributed by atoms with Crippen LogP contribution in [-0.2, 0) is 6.42 Å². The smallest absolute Gasteiger partial charge is 0.275 e. The zero-order chi connectivity index (χ0) is 22.2. The van der Waals surface area contributed by atoms with Crippen LogP contribution in [0.15, 0.2) is 59.1 Å². The summed E-state index contributed by atoms with van der Waals surface area (Å²) < 4.78 is 7.30. The van der Waals surface area contributed by atoms with Gasteiger partial charge in [0.2, 0.25) is 0 Å². The molecule has 0 spiro atoms. The number of rotatable bonds is 5. The quantitative estimate of drug-likeness (QED) is 0.500. The van der Waals surface area contributed by atoms with Crippen molar-refractivity contribution in [1.29, 1.82) is 0 Å². The molecule has 2 unspecified atom stereocenters. The molecule has 8 nitrogen and oxygen atoms in total. The number of fused-ring (bicyclic) bond motifs is 3. The van der Waals surface area contributed by atoms with Crippen LogP contribution in [0.2, 0.25) is 0 Å². The van der Waals surface area contributed by atoms with Gasteiger partial charge < -0.3 is 19.7 Å². The van der Waals surface area contributed by atoms with Gasteiger partial charge in [0.25, 0.3) is 11.8 Å². The molecule has 2 amide bonds. The summed E-state index contributed by atoms with van der Waals surface area (Å²) in [5.74, 6) is 0.476. The maximum atomic E-state index is 12.9. The second-order valence-corrected chi connectivity index (χ2v) is 8.04. The van der Waals surface area contributed by atoms with Crippen molar-refractivity contribution in [2.75, 3.05) is 5.32 Å². The van der Waals surface area contributed by atoms with Gasteiger partial charge in [0, 0.05) is 23.9 Å². The van der Waals surface area contributed by atoms with E-state index in [2.05, 4.69) is 27.7 Å². The van der Waals surface area contributed by atoms with Crippen LogP contribution in [0.3, 0.4) is 0 Å². The molecular formula is C24H23N5O3. The first-order chi connectivity index (χ1) is 15.5. The number of carbonyl (C=O) groups excluding carboxylic acids is 2. The highest BCUT2D eigenvalue weighted by atomic mass is 16.5. The minimum atomic E-state index is -0.386. The van der Waals surface area contributed by atoms with E-state index in [0.29, 0.717) is 29.3 Å². The zero-order valence-corrected chi connectivity index (χ0v) is 17.8. The predicted octanol–water partition coefficient (Wildman–Crippen LogP) is 3.95. The normalized spacial score (nSPS) is 17.8. The van der Waals surface area contributed by atoms with Gasteiger partial charge in [-0.1, -0.05) is 42.4 Å². The van der Waals surface area contributed by atoms with Crippen LogP contribution >= 0.6 is 0 Å². The van der Waals surface area contributed by atoms with Crippen molar-refractivity contribution in [3.63, 3.8) is 0 Å². The Bertz CT molecular complexity index is 1310. The first-order valence-corrected chi connectivity index (χ1v) is 10.7. The van der Waals surface area contributed by atoms with E-state index in [1.807, 2.05) is 54.0 Å². The lowest BCUT2D eigenvalue weighted by molar-refractivity contribution is 0.0885. The molecule has 0 radical (unpaired) electrons. The van der Waals surface area contributed by atoms with Gasteiger partial charge in [0.05, 0.1) is 6.04 Å². The second-order valence-electron chi connectivity index (χ2n) is 8.04. The Labute approximate surface area is 184 Å². The fourth-order valence-corrected chi connectivity index (χ4v) is 4.30. The Morgan fingerprint density at radius 2 is 2.00 bits per heavy atom. The number of amides is 2. The number of hydrogen-bond donors (Lipinski definition) is 2. The third kappa shape index (κ3) is 3.53. The summed E-state index contributed by atoms with van der Waals surface area (Å²) in [5, 5.41) is 10.5. The number of hydrogen-bond acceptors (Lipinski definition) is 5. The van der Waals surface area contributed by atoms with Crippen molar-refractivity contribution in [3.05, 3.63) is 77.3 Å². The topological polar surface area (TPSA) is 102 Å². The predicted molar refractivity (Wildman–Crippen MR) is 120 cm³/mol.